The highest BCUT2D eigenvalue weighted by atomic mass is 79.9. The first kappa shape index (κ1) is 12.4. The van der Waals surface area contributed by atoms with Crippen molar-refractivity contribution in [3.8, 4) is 11.3 Å². The third kappa shape index (κ3) is 2.41. The molecule has 3 aromatic rings. The highest BCUT2D eigenvalue weighted by molar-refractivity contribution is 9.10. The molecule has 19 heavy (non-hydrogen) atoms. The number of benzene rings is 2. The van der Waals surface area contributed by atoms with E-state index in [1.54, 1.807) is 0 Å². The van der Waals surface area contributed by atoms with Crippen LogP contribution in [0, 0.1) is 0 Å². The summed E-state index contributed by atoms with van der Waals surface area (Å²) in [5, 5.41) is 5.49. The van der Waals surface area contributed by atoms with E-state index < -0.39 is 0 Å². The summed E-state index contributed by atoms with van der Waals surface area (Å²) in [5.74, 6) is 0.833. The minimum absolute atomic E-state index is 0.699. The van der Waals surface area contributed by atoms with Gasteiger partial charge in [-0.3, -0.25) is 0 Å². The third-order valence-electron chi connectivity index (χ3n) is 3.05. The monoisotopic (exact) mass is 316 g/mol. The van der Waals surface area contributed by atoms with Crippen molar-refractivity contribution in [2.45, 2.75) is 6.54 Å². The van der Waals surface area contributed by atoms with Gasteiger partial charge in [0.25, 0.3) is 0 Å². The van der Waals surface area contributed by atoms with Crippen molar-refractivity contribution in [1.29, 1.82) is 0 Å². The van der Waals surface area contributed by atoms with Crippen LogP contribution in [0.2, 0.25) is 0 Å². The number of nitrogens with zero attached hydrogens (tertiary/aromatic N) is 1. The molecule has 0 atom stereocenters. The van der Waals surface area contributed by atoms with Gasteiger partial charge in [-0.25, -0.2) is 4.98 Å². The van der Waals surface area contributed by atoms with Crippen molar-refractivity contribution in [2.24, 2.45) is 0 Å². The number of hydrogen-bond donors (Lipinski definition) is 1. The Bertz CT molecular complexity index is 721. The van der Waals surface area contributed by atoms with Crippen molar-refractivity contribution < 1.29 is 4.42 Å². The van der Waals surface area contributed by atoms with Crippen molar-refractivity contribution in [3.63, 3.8) is 0 Å². The SMILES string of the molecule is CNCc1ncoc1-c1ccc2cc(Br)ccc2c1. The molecule has 3 nitrogen and oxygen atoms in total. The van der Waals surface area contributed by atoms with E-state index in [0.717, 1.165) is 21.5 Å². The Kier molecular flexibility index (Phi) is 3.36. The number of oxazole rings is 1. The lowest BCUT2D eigenvalue weighted by molar-refractivity contribution is 0.570. The Morgan fingerprint density at radius 1 is 1.16 bits per heavy atom. The molecule has 1 N–H and O–H groups in total. The Morgan fingerprint density at radius 3 is 2.79 bits per heavy atom. The molecule has 0 aliphatic heterocycles. The van der Waals surface area contributed by atoms with E-state index in [2.05, 4.69) is 56.6 Å². The zero-order valence-electron chi connectivity index (χ0n) is 10.5. The zero-order chi connectivity index (χ0) is 13.2. The van der Waals surface area contributed by atoms with Gasteiger partial charge in [-0.05, 0) is 36.0 Å². The maximum Gasteiger partial charge on any atom is 0.181 e. The van der Waals surface area contributed by atoms with E-state index in [1.165, 1.54) is 17.2 Å². The van der Waals surface area contributed by atoms with Crippen LogP contribution in [-0.2, 0) is 6.54 Å². The lowest BCUT2D eigenvalue weighted by Gasteiger charge is -2.04. The van der Waals surface area contributed by atoms with Gasteiger partial charge in [-0.2, -0.15) is 0 Å². The largest absolute Gasteiger partial charge is 0.443 e. The molecule has 0 spiro atoms. The summed E-state index contributed by atoms with van der Waals surface area (Å²) in [6.45, 7) is 0.699. The molecule has 0 bridgehead atoms. The van der Waals surface area contributed by atoms with Gasteiger partial charge in [-0.1, -0.05) is 34.1 Å². The van der Waals surface area contributed by atoms with Crippen LogP contribution in [0.15, 0.2) is 51.7 Å². The number of rotatable bonds is 3. The molecule has 0 saturated carbocycles. The van der Waals surface area contributed by atoms with Crippen LogP contribution in [0.3, 0.4) is 0 Å². The predicted molar refractivity (Wildman–Crippen MR) is 79.9 cm³/mol. The van der Waals surface area contributed by atoms with Crippen LogP contribution in [0.4, 0.5) is 0 Å². The van der Waals surface area contributed by atoms with E-state index >= 15 is 0 Å². The van der Waals surface area contributed by atoms with Crippen molar-refractivity contribution in [3.05, 3.63) is 53.0 Å². The predicted octanol–water partition coefficient (Wildman–Crippen LogP) is 3.98. The number of fused-ring (bicyclic) bond motifs is 1. The first-order valence-electron chi connectivity index (χ1n) is 6.04. The molecule has 0 aliphatic carbocycles. The second kappa shape index (κ2) is 5.15. The van der Waals surface area contributed by atoms with Gasteiger partial charge in [0.05, 0.1) is 0 Å². The van der Waals surface area contributed by atoms with Crippen LogP contribution < -0.4 is 5.32 Å². The van der Waals surface area contributed by atoms with Crippen LogP contribution in [0.1, 0.15) is 5.69 Å². The Morgan fingerprint density at radius 2 is 1.95 bits per heavy atom. The summed E-state index contributed by atoms with van der Waals surface area (Å²) < 4.78 is 6.60. The van der Waals surface area contributed by atoms with Gasteiger partial charge in [0, 0.05) is 16.6 Å². The minimum Gasteiger partial charge on any atom is -0.443 e. The summed E-state index contributed by atoms with van der Waals surface area (Å²) in [5.41, 5.74) is 1.98. The lowest BCUT2D eigenvalue weighted by atomic mass is 10.0. The molecule has 0 saturated heterocycles. The van der Waals surface area contributed by atoms with Gasteiger partial charge < -0.3 is 9.73 Å². The van der Waals surface area contributed by atoms with Gasteiger partial charge in [0.15, 0.2) is 12.2 Å². The fraction of sp³-hybridized carbons (Fsp3) is 0.133. The molecule has 0 fully saturated rings. The van der Waals surface area contributed by atoms with Crippen molar-refractivity contribution in [1.82, 2.24) is 10.3 Å². The molecule has 3 rings (SSSR count). The van der Waals surface area contributed by atoms with Crippen LogP contribution in [-0.4, -0.2) is 12.0 Å². The normalized spacial score (nSPS) is 11.1. The van der Waals surface area contributed by atoms with Crippen LogP contribution in [0.25, 0.3) is 22.1 Å². The van der Waals surface area contributed by atoms with Crippen molar-refractivity contribution in [2.75, 3.05) is 7.05 Å². The van der Waals surface area contributed by atoms with Gasteiger partial charge in [-0.15, -0.1) is 0 Å². The van der Waals surface area contributed by atoms with E-state index in [9.17, 15) is 0 Å². The van der Waals surface area contributed by atoms with E-state index in [1.807, 2.05) is 13.1 Å². The van der Waals surface area contributed by atoms with E-state index in [4.69, 9.17) is 4.42 Å². The molecular formula is C15H13BrN2O. The fourth-order valence-electron chi connectivity index (χ4n) is 2.16. The summed E-state index contributed by atoms with van der Waals surface area (Å²) in [6.07, 6.45) is 1.49. The summed E-state index contributed by atoms with van der Waals surface area (Å²) in [4.78, 5) is 4.24. The molecule has 4 heteroatoms. The molecule has 0 radical (unpaired) electrons. The van der Waals surface area contributed by atoms with Gasteiger partial charge >= 0.3 is 0 Å². The summed E-state index contributed by atoms with van der Waals surface area (Å²) >= 11 is 3.49. The molecule has 1 heterocycles. The number of hydrogen-bond acceptors (Lipinski definition) is 3. The Labute approximate surface area is 119 Å². The maximum absolute atomic E-state index is 5.52. The first-order chi connectivity index (χ1) is 9.28. The first-order valence-corrected chi connectivity index (χ1v) is 6.84. The minimum atomic E-state index is 0.699. The number of aromatic nitrogens is 1. The Balaban J connectivity index is 2.10. The fourth-order valence-corrected chi connectivity index (χ4v) is 2.53. The third-order valence-corrected chi connectivity index (χ3v) is 3.54. The lowest BCUT2D eigenvalue weighted by Crippen LogP contribution is -2.06. The zero-order valence-corrected chi connectivity index (χ0v) is 12.1. The molecular weight excluding hydrogens is 304 g/mol. The topological polar surface area (TPSA) is 38.1 Å². The number of nitrogens with one attached hydrogen (secondary N) is 1. The maximum atomic E-state index is 5.52. The molecule has 0 unspecified atom stereocenters. The highest BCUT2D eigenvalue weighted by Crippen LogP contribution is 2.28. The number of halogens is 1. The molecule has 0 aliphatic rings. The van der Waals surface area contributed by atoms with E-state index in [-0.39, 0.29) is 0 Å². The Hall–Kier alpha value is -1.65. The second-order valence-electron chi connectivity index (χ2n) is 4.36. The smallest absolute Gasteiger partial charge is 0.181 e. The van der Waals surface area contributed by atoms with Gasteiger partial charge in [0.2, 0.25) is 0 Å². The second-order valence-corrected chi connectivity index (χ2v) is 5.28. The summed E-state index contributed by atoms with van der Waals surface area (Å²) in [7, 11) is 1.90. The van der Waals surface area contributed by atoms with Gasteiger partial charge in [0.1, 0.15) is 5.69 Å². The van der Waals surface area contributed by atoms with Crippen LogP contribution in [0.5, 0.6) is 0 Å². The average molecular weight is 317 g/mol. The summed E-state index contributed by atoms with van der Waals surface area (Å²) in [6, 6.07) is 12.5. The average Bonchev–Trinajstić information content (AvgIpc) is 2.87. The molecule has 2 aromatic carbocycles. The van der Waals surface area contributed by atoms with Crippen molar-refractivity contribution >= 4 is 26.7 Å². The standard InChI is InChI=1S/C15H13BrN2O/c1-17-8-14-15(19-9-18-14)12-3-2-11-7-13(16)5-4-10(11)6-12/h2-7,9,17H,8H2,1H3. The molecule has 96 valence electrons. The highest BCUT2D eigenvalue weighted by Gasteiger charge is 2.10. The van der Waals surface area contributed by atoms with E-state index in [0.29, 0.717) is 6.54 Å². The van der Waals surface area contributed by atoms with Crippen LogP contribution >= 0.6 is 15.9 Å². The quantitative estimate of drug-likeness (QED) is 0.794. The molecule has 0 amide bonds. The molecule has 1 aromatic heterocycles.